The summed E-state index contributed by atoms with van der Waals surface area (Å²) in [5, 5.41) is 0.325. The van der Waals surface area contributed by atoms with E-state index in [4.69, 9.17) is 15.5 Å². The van der Waals surface area contributed by atoms with Crippen molar-refractivity contribution in [1.29, 1.82) is 0 Å². The predicted molar refractivity (Wildman–Crippen MR) is 130 cm³/mol. The number of primary amides is 1. The van der Waals surface area contributed by atoms with Gasteiger partial charge in [-0.05, 0) is 36.6 Å². The van der Waals surface area contributed by atoms with Gasteiger partial charge < -0.3 is 10.5 Å². The highest BCUT2D eigenvalue weighted by Gasteiger charge is 2.25. The summed E-state index contributed by atoms with van der Waals surface area (Å²) < 4.78 is 6.91. The molecule has 2 aromatic carbocycles. The molecule has 0 fully saturated rings. The first-order valence-corrected chi connectivity index (χ1v) is 11.8. The number of aromatic nitrogens is 2. The van der Waals surface area contributed by atoms with Gasteiger partial charge in [-0.15, -0.1) is 11.3 Å². The van der Waals surface area contributed by atoms with Crippen LogP contribution in [0.4, 0.5) is 0 Å². The van der Waals surface area contributed by atoms with Crippen molar-refractivity contribution in [2.75, 3.05) is 7.11 Å². The van der Waals surface area contributed by atoms with Gasteiger partial charge in [0.2, 0.25) is 5.91 Å². The molecule has 6 nitrogen and oxygen atoms in total. The summed E-state index contributed by atoms with van der Waals surface area (Å²) in [6.07, 6.45) is 0.821. The van der Waals surface area contributed by atoms with E-state index < -0.39 is 11.2 Å². The Kier molecular flexibility index (Phi) is 6.34. The van der Waals surface area contributed by atoms with E-state index in [-0.39, 0.29) is 5.56 Å². The van der Waals surface area contributed by atoms with Gasteiger partial charge >= 0.3 is 0 Å². The number of nitrogens with two attached hydrogens (primary N) is 1. The van der Waals surface area contributed by atoms with Crippen molar-refractivity contribution in [3.8, 4) is 11.4 Å². The zero-order valence-electron chi connectivity index (χ0n) is 18.0. The zero-order chi connectivity index (χ0) is 22.8. The molecule has 0 saturated heterocycles. The van der Waals surface area contributed by atoms with Crippen molar-refractivity contribution in [2.24, 2.45) is 5.73 Å². The third-order valence-corrected chi connectivity index (χ3v) is 7.80. The number of methoxy groups -OCH3 is 1. The normalized spacial score (nSPS) is 12.1. The van der Waals surface area contributed by atoms with E-state index in [1.54, 1.807) is 17.7 Å². The number of aryl methyl sites for hydroxylation is 2. The number of hydrogen-bond acceptors (Lipinski definition) is 6. The van der Waals surface area contributed by atoms with E-state index in [9.17, 15) is 9.59 Å². The molecule has 0 aliphatic carbocycles. The minimum Gasteiger partial charge on any atom is -0.497 e. The van der Waals surface area contributed by atoms with E-state index in [0.29, 0.717) is 26.8 Å². The molecule has 0 aliphatic heterocycles. The Labute approximate surface area is 194 Å². The highest BCUT2D eigenvalue weighted by Crippen LogP contribution is 2.37. The molecule has 1 amide bonds. The topological polar surface area (TPSA) is 87.2 Å². The second kappa shape index (κ2) is 9.18. The highest BCUT2D eigenvalue weighted by molar-refractivity contribution is 8.00. The van der Waals surface area contributed by atoms with Crippen LogP contribution >= 0.6 is 23.1 Å². The van der Waals surface area contributed by atoms with Gasteiger partial charge in [0.05, 0.1) is 18.2 Å². The number of rotatable bonds is 7. The van der Waals surface area contributed by atoms with Crippen LogP contribution in [0.3, 0.4) is 0 Å². The minimum atomic E-state index is -0.691. The largest absolute Gasteiger partial charge is 0.497 e. The molecule has 164 valence electrons. The van der Waals surface area contributed by atoms with E-state index in [2.05, 4.69) is 6.92 Å². The third kappa shape index (κ3) is 4.03. The van der Waals surface area contributed by atoms with Crippen molar-refractivity contribution in [3.63, 3.8) is 0 Å². The first kappa shape index (κ1) is 22.1. The molecule has 0 spiro atoms. The van der Waals surface area contributed by atoms with Gasteiger partial charge in [0, 0.05) is 10.9 Å². The van der Waals surface area contributed by atoms with Gasteiger partial charge in [-0.2, -0.15) is 0 Å². The van der Waals surface area contributed by atoms with Gasteiger partial charge in [-0.3, -0.25) is 14.2 Å². The monoisotopic (exact) mass is 465 g/mol. The van der Waals surface area contributed by atoms with Gasteiger partial charge in [-0.1, -0.05) is 55.1 Å². The first-order chi connectivity index (χ1) is 15.4. The van der Waals surface area contributed by atoms with Crippen LogP contribution in [0.15, 0.2) is 64.5 Å². The molecule has 4 rings (SSSR count). The molecule has 2 N–H and O–H groups in total. The second-order valence-corrected chi connectivity index (χ2v) is 9.39. The molecule has 2 heterocycles. The molecule has 1 unspecified atom stereocenters. The Morgan fingerprint density at radius 1 is 1.22 bits per heavy atom. The fourth-order valence-electron chi connectivity index (χ4n) is 3.63. The summed E-state index contributed by atoms with van der Waals surface area (Å²) in [6.45, 7) is 4.02. The number of thiophene rings is 1. The minimum absolute atomic E-state index is 0.171. The van der Waals surface area contributed by atoms with Crippen molar-refractivity contribution in [1.82, 2.24) is 9.55 Å². The number of nitrogens with zero attached hydrogens (tertiary/aromatic N) is 2. The lowest BCUT2D eigenvalue weighted by atomic mass is 10.1. The molecular formula is C24H23N3O3S2. The van der Waals surface area contributed by atoms with E-state index in [1.807, 2.05) is 55.5 Å². The third-order valence-electron chi connectivity index (χ3n) is 5.25. The average molecular weight is 466 g/mol. The van der Waals surface area contributed by atoms with Crippen LogP contribution in [0.25, 0.3) is 15.9 Å². The van der Waals surface area contributed by atoms with Crippen LogP contribution in [0.2, 0.25) is 0 Å². The van der Waals surface area contributed by atoms with Crippen molar-refractivity contribution in [3.05, 3.63) is 81.0 Å². The van der Waals surface area contributed by atoms with Crippen LogP contribution in [-0.4, -0.2) is 22.6 Å². The number of fused-ring (bicyclic) bond motifs is 1. The van der Waals surface area contributed by atoms with Crippen molar-refractivity contribution < 1.29 is 9.53 Å². The second-order valence-electron chi connectivity index (χ2n) is 7.23. The molecule has 4 aromatic rings. The molecule has 0 saturated carbocycles. The van der Waals surface area contributed by atoms with Crippen molar-refractivity contribution >= 4 is 39.2 Å². The summed E-state index contributed by atoms with van der Waals surface area (Å²) in [6, 6.07) is 16.5. The fraction of sp³-hybridized carbons (Fsp3) is 0.208. The van der Waals surface area contributed by atoms with E-state index in [1.165, 1.54) is 23.1 Å². The smallest absolute Gasteiger partial charge is 0.267 e. The molecule has 2 aromatic heterocycles. The Balaban J connectivity index is 1.97. The summed E-state index contributed by atoms with van der Waals surface area (Å²) in [7, 11) is 1.58. The van der Waals surface area contributed by atoms with Crippen LogP contribution in [0.1, 0.15) is 28.2 Å². The Morgan fingerprint density at radius 2 is 1.97 bits per heavy atom. The number of hydrogen-bond donors (Lipinski definition) is 1. The lowest BCUT2D eigenvalue weighted by Gasteiger charge is -2.17. The van der Waals surface area contributed by atoms with Gasteiger partial charge in [0.15, 0.2) is 5.16 Å². The Bertz CT molecular complexity index is 1350. The lowest BCUT2D eigenvalue weighted by molar-refractivity contribution is -0.117. The molecule has 8 heteroatoms. The number of thioether (sulfide) groups is 1. The van der Waals surface area contributed by atoms with Gasteiger partial charge in [0.25, 0.3) is 5.56 Å². The number of ether oxygens (including phenoxy) is 1. The van der Waals surface area contributed by atoms with Gasteiger partial charge in [0.1, 0.15) is 15.8 Å². The number of carbonyl (C=O) groups excluding carboxylic acids is 1. The van der Waals surface area contributed by atoms with Crippen LogP contribution in [0.5, 0.6) is 5.75 Å². The molecule has 32 heavy (non-hydrogen) atoms. The Morgan fingerprint density at radius 3 is 2.62 bits per heavy atom. The SMILES string of the molecule is CCc1sc2nc(SC(C(N)=O)c3ccccc3)n(-c3cccc(OC)c3)c(=O)c2c1C. The molecule has 1 atom stereocenters. The van der Waals surface area contributed by atoms with E-state index >= 15 is 0 Å². The Hall–Kier alpha value is -3.10. The number of amides is 1. The summed E-state index contributed by atoms with van der Waals surface area (Å²) >= 11 is 2.70. The molecular weight excluding hydrogens is 442 g/mol. The maximum atomic E-state index is 13.7. The zero-order valence-corrected chi connectivity index (χ0v) is 19.6. The van der Waals surface area contributed by atoms with Gasteiger partial charge in [-0.25, -0.2) is 4.98 Å². The number of benzene rings is 2. The van der Waals surface area contributed by atoms with Crippen LogP contribution in [0, 0.1) is 6.92 Å². The van der Waals surface area contributed by atoms with Crippen molar-refractivity contribution in [2.45, 2.75) is 30.7 Å². The highest BCUT2D eigenvalue weighted by atomic mass is 32.2. The molecule has 0 aliphatic rings. The summed E-state index contributed by atoms with van der Waals surface area (Å²) in [5.41, 5.74) is 7.91. The maximum absolute atomic E-state index is 13.7. The van der Waals surface area contributed by atoms with Crippen LogP contribution in [-0.2, 0) is 11.2 Å². The van der Waals surface area contributed by atoms with E-state index in [0.717, 1.165) is 22.4 Å². The molecule has 0 radical (unpaired) electrons. The standard InChI is InChI=1S/C24H23N3O3S2/c1-4-18-14(2)19-22(31-18)26-24(32-20(21(25)28)15-9-6-5-7-10-15)27(23(19)29)16-11-8-12-17(13-16)30-3/h5-13,20H,4H2,1-3H3,(H2,25,28). The lowest BCUT2D eigenvalue weighted by Crippen LogP contribution is -2.24. The fourth-order valence-corrected chi connectivity index (χ4v) is 5.85. The quantitative estimate of drug-likeness (QED) is 0.317. The molecule has 0 bridgehead atoms. The first-order valence-electron chi connectivity index (χ1n) is 10.1. The summed E-state index contributed by atoms with van der Waals surface area (Å²) in [5.74, 6) is 0.126. The average Bonchev–Trinajstić information content (AvgIpc) is 3.13. The summed E-state index contributed by atoms with van der Waals surface area (Å²) in [4.78, 5) is 32.8. The number of carbonyl (C=O) groups is 1. The predicted octanol–water partition coefficient (Wildman–Crippen LogP) is 4.65. The maximum Gasteiger partial charge on any atom is 0.267 e. The van der Waals surface area contributed by atoms with Crippen LogP contribution < -0.4 is 16.0 Å².